The van der Waals surface area contributed by atoms with Crippen LogP contribution in [0.25, 0.3) is 44.3 Å². The van der Waals surface area contributed by atoms with Gasteiger partial charge in [0.15, 0.2) is 0 Å². The molecular formula is C54H63Cl3N12O4. The van der Waals surface area contributed by atoms with Crippen LogP contribution in [0, 0.1) is 11.8 Å². The number of para-hydroxylation sites is 2. The molecule has 6 aromatic rings. The van der Waals surface area contributed by atoms with Crippen LogP contribution in [0.4, 0.5) is 11.9 Å². The third kappa shape index (κ3) is 14.0. The number of carbonyl (C=O) groups is 4. The number of hydrogen-bond acceptors (Lipinski definition) is 11. The van der Waals surface area contributed by atoms with Crippen molar-refractivity contribution in [3.05, 3.63) is 109 Å². The zero-order chi connectivity index (χ0) is 51.3. The highest BCUT2D eigenvalue weighted by atomic mass is 35.5. The maximum Gasteiger partial charge on any atom is 0.245 e. The van der Waals surface area contributed by atoms with E-state index in [9.17, 15) is 19.2 Å². The first-order valence-corrected chi connectivity index (χ1v) is 26.4. The van der Waals surface area contributed by atoms with Gasteiger partial charge in [0.05, 0.1) is 33.8 Å². The monoisotopic (exact) mass is 1050 g/mol. The first-order valence-electron chi connectivity index (χ1n) is 25.2. The normalized spacial score (nSPS) is 20.3. The number of fused-ring (bicyclic) bond motifs is 2. The Hall–Kier alpha value is -6.33. The molecule has 4 atom stereocenters. The second kappa shape index (κ2) is 25.6. The molecule has 16 nitrogen and oxygen atoms in total. The smallest absolute Gasteiger partial charge is 0.245 e. The Morgan fingerprint density at radius 3 is 1.51 bits per heavy atom. The predicted octanol–water partition coefficient (Wildman–Crippen LogP) is 9.60. The van der Waals surface area contributed by atoms with Gasteiger partial charge in [0.25, 0.3) is 0 Å². The molecule has 0 radical (unpaired) electrons. The van der Waals surface area contributed by atoms with E-state index in [-0.39, 0.29) is 53.7 Å². The van der Waals surface area contributed by atoms with Gasteiger partial charge in [0.2, 0.25) is 34.9 Å². The molecule has 4 fully saturated rings. The minimum atomic E-state index is -0.509. The van der Waals surface area contributed by atoms with Gasteiger partial charge < -0.3 is 41.5 Å². The fourth-order valence-electron chi connectivity index (χ4n) is 10.3. The van der Waals surface area contributed by atoms with E-state index in [0.29, 0.717) is 59.3 Å². The summed E-state index contributed by atoms with van der Waals surface area (Å²) >= 11 is 17.7. The third-order valence-electron chi connectivity index (χ3n) is 14.1. The van der Waals surface area contributed by atoms with Crippen LogP contribution in [0.3, 0.4) is 0 Å². The van der Waals surface area contributed by atoms with Crippen molar-refractivity contribution in [1.29, 1.82) is 0 Å². The van der Waals surface area contributed by atoms with Crippen LogP contribution in [0.5, 0.6) is 0 Å². The Labute approximate surface area is 440 Å². The number of halogens is 3. The lowest BCUT2D eigenvalue weighted by Gasteiger charge is -2.34. The van der Waals surface area contributed by atoms with Gasteiger partial charge in [0.1, 0.15) is 0 Å². The highest BCUT2D eigenvalue weighted by molar-refractivity contribution is 6.66. The topological polar surface area (TPSA) is 215 Å². The van der Waals surface area contributed by atoms with Gasteiger partial charge in [-0.3, -0.25) is 19.2 Å². The summed E-state index contributed by atoms with van der Waals surface area (Å²) in [6.07, 6.45) is 20.6. The molecular weight excluding hydrogens is 987 g/mol. The molecule has 73 heavy (non-hydrogen) atoms. The lowest BCUT2D eigenvalue weighted by atomic mass is 9.89. The first kappa shape index (κ1) is 53.0. The van der Waals surface area contributed by atoms with Gasteiger partial charge in [0, 0.05) is 94.4 Å². The summed E-state index contributed by atoms with van der Waals surface area (Å²) in [4.78, 5) is 73.5. The number of hydrogen-bond donors (Lipinski definition) is 7. The van der Waals surface area contributed by atoms with Gasteiger partial charge in [-0.2, -0.15) is 0 Å². The number of rotatable bonds is 12. The number of anilines is 2. The lowest BCUT2D eigenvalue weighted by molar-refractivity contribution is -0.132. The van der Waals surface area contributed by atoms with Crippen LogP contribution >= 0.6 is 34.8 Å². The molecule has 2 aliphatic heterocycles. The predicted molar refractivity (Wildman–Crippen MR) is 290 cm³/mol. The second-order valence-electron chi connectivity index (χ2n) is 19.0. The van der Waals surface area contributed by atoms with Gasteiger partial charge in [-0.1, -0.05) is 72.8 Å². The molecule has 384 valence electrons. The average molecular weight is 1050 g/mol. The van der Waals surface area contributed by atoms with Gasteiger partial charge in [-0.25, -0.2) is 19.9 Å². The Balaban J connectivity index is 0.000000179. The van der Waals surface area contributed by atoms with E-state index < -0.39 is 5.24 Å². The molecule has 6 heterocycles. The molecule has 0 unspecified atom stereocenters. The summed E-state index contributed by atoms with van der Waals surface area (Å²) < 4.78 is 0. The number of H-pyrrole nitrogens is 2. The summed E-state index contributed by atoms with van der Waals surface area (Å²) in [7, 11) is 0. The van der Waals surface area contributed by atoms with E-state index in [0.717, 1.165) is 116 Å². The zero-order valence-corrected chi connectivity index (χ0v) is 43.0. The summed E-state index contributed by atoms with van der Waals surface area (Å²) in [5.41, 5.74) is 5.39. The molecule has 10 rings (SSSR count). The van der Waals surface area contributed by atoms with Gasteiger partial charge in [-0.05, 0) is 126 Å². The van der Waals surface area contributed by atoms with Crippen LogP contribution in [0.2, 0.25) is 10.0 Å². The summed E-state index contributed by atoms with van der Waals surface area (Å²) in [6.45, 7) is 9.69. The van der Waals surface area contributed by atoms with Crippen molar-refractivity contribution in [2.24, 2.45) is 11.8 Å². The minimum Gasteiger partial charge on any atom is -0.360 e. The first-order chi connectivity index (χ1) is 35.5. The number of nitrogens with zero attached hydrogens (tertiary/aromatic N) is 5. The van der Waals surface area contributed by atoms with E-state index >= 15 is 0 Å². The van der Waals surface area contributed by atoms with Gasteiger partial charge >= 0.3 is 0 Å². The van der Waals surface area contributed by atoms with Crippen LogP contribution in [-0.2, 0) is 19.2 Å². The highest BCUT2D eigenvalue weighted by Gasteiger charge is 2.31. The molecule has 7 N–H and O–H groups in total. The van der Waals surface area contributed by atoms with E-state index in [1.807, 2.05) is 54.9 Å². The summed E-state index contributed by atoms with van der Waals surface area (Å²) in [5.74, 6) is 1.44. The maximum absolute atomic E-state index is 12.9. The van der Waals surface area contributed by atoms with Crippen molar-refractivity contribution in [3.8, 4) is 22.5 Å². The Morgan fingerprint density at radius 2 is 1.05 bits per heavy atom. The number of aromatic nitrogens is 6. The van der Waals surface area contributed by atoms with Crippen LogP contribution < -0.4 is 26.6 Å². The number of aromatic amines is 2. The third-order valence-corrected chi connectivity index (χ3v) is 14.8. The standard InChI is InChI=1S/C27H31ClN6O2.C24H29ClN6O.C3H3ClO/c1-2-24(35)34-12-10-17(11-13-34)26(36)31-18-6-5-7-19(14-18)32-27-30-16-22(28)25(33-27)21-15-29-23-9-4-3-8-20(21)23;25-20-14-28-24(31-22(20)19-13-27-21-7-2-1-6-18(19)21)30-17-5-3-4-16(12-17)29-23(32)15-8-10-26-11-9-15;1-2-3(4)5/h2-4,8-9,15-19,29H,1,5-7,10-14H2,(H,31,36)(H,30,32,33);1-2,6-7,13-17,26-27H,3-5,8-12H2,(H,29,32)(H,28,30,31);2H,1H2/t18-,19+;16-,17+;/m00./s1. The summed E-state index contributed by atoms with van der Waals surface area (Å²) in [5, 5.41) is 19.5. The van der Waals surface area contributed by atoms with Crippen molar-refractivity contribution in [1.82, 2.24) is 50.8 Å². The number of amides is 3. The Kier molecular flexibility index (Phi) is 18.5. The SMILES string of the molecule is C=CC(=O)Cl.C=CC(=O)N1CCC(C(=O)N[C@H]2CCC[C@@H](Nc3ncc(Cl)c(-c4c[nH]c5ccccc45)n3)C2)CC1.O=C(N[C@H]1CCC[C@@H](Nc2ncc(Cl)c(-c3c[nH]c4ccccc34)n2)C1)C1CCNCC1. The Bertz CT molecular complexity index is 2890. The summed E-state index contributed by atoms with van der Waals surface area (Å²) in [6, 6.07) is 16.8. The lowest BCUT2D eigenvalue weighted by Crippen LogP contribution is -2.47. The van der Waals surface area contributed by atoms with Crippen LogP contribution in [-0.4, -0.2) is 108 Å². The Morgan fingerprint density at radius 1 is 0.616 bits per heavy atom. The van der Waals surface area contributed by atoms with E-state index in [4.69, 9.17) is 44.8 Å². The van der Waals surface area contributed by atoms with Crippen molar-refractivity contribution in [2.75, 3.05) is 36.8 Å². The number of likely N-dealkylation sites (tertiary alicyclic amines) is 1. The number of carbonyl (C=O) groups excluding carboxylic acids is 4. The van der Waals surface area contributed by atoms with Crippen molar-refractivity contribution in [3.63, 3.8) is 0 Å². The van der Waals surface area contributed by atoms with E-state index in [1.165, 1.54) is 6.08 Å². The zero-order valence-electron chi connectivity index (χ0n) is 40.8. The van der Waals surface area contributed by atoms with Crippen LogP contribution in [0.1, 0.15) is 77.0 Å². The van der Waals surface area contributed by atoms with Crippen molar-refractivity contribution < 1.29 is 19.2 Å². The molecule has 2 saturated carbocycles. The number of piperidine rings is 2. The molecule has 3 amide bonds. The molecule has 19 heteroatoms. The maximum atomic E-state index is 12.9. The number of nitrogens with one attached hydrogen (secondary N) is 7. The highest BCUT2D eigenvalue weighted by Crippen LogP contribution is 2.35. The minimum absolute atomic E-state index is 0.0504. The molecule has 2 aromatic carbocycles. The average Bonchev–Trinajstić information content (AvgIpc) is 4.05. The fraction of sp³-hybridized carbons (Fsp3) is 0.407. The molecule has 4 aromatic heterocycles. The number of allylic oxidation sites excluding steroid dienone is 1. The molecule has 0 spiro atoms. The quantitative estimate of drug-likeness (QED) is 0.0453. The number of benzene rings is 2. The van der Waals surface area contributed by atoms with E-state index in [2.05, 4.69) is 65.7 Å². The molecule has 2 aliphatic carbocycles. The van der Waals surface area contributed by atoms with Crippen molar-refractivity contribution in [2.45, 2.75) is 101 Å². The molecule has 2 saturated heterocycles. The fourth-order valence-corrected chi connectivity index (χ4v) is 10.7. The largest absolute Gasteiger partial charge is 0.360 e. The molecule has 4 aliphatic rings. The molecule has 0 bridgehead atoms. The van der Waals surface area contributed by atoms with Gasteiger partial charge in [-0.15, -0.1) is 0 Å². The second-order valence-corrected chi connectivity index (χ2v) is 20.2. The van der Waals surface area contributed by atoms with Crippen LogP contribution in [0.15, 0.2) is 98.6 Å². The van der Waals surface area contributed by atoms with Crippen molar-refractivity contribution >= 4 is 91.5 Å². The van der Waals surface area contributed by atoms with E-state index in [1.54, 1.807) is 17.3 Å².